The van der Waals surface area contributed by atoms with Gasteiger partial charge in [-0.3, -0.25) is 0 Å². The minimum atomic E-state index is -0.191. The van der Waals surface area contributed by atoms with E-state index in [1.165, 1.54) is 6.21 Å². The Hall–Kier alpha value is -2.10. The molecule has 72 valence electrons. The van der Waals surface area contributed by atoms with Crippen LogP contribution in [-0.2, 0) is 0 Å². The number of allylic oxidation sites excluding steroid dienone is 1. The number of hydrogen-bond donors (Lipinski definition) is 0. The third kappa shape index (κ3) is 3.27. The molecule has 0 aliphatic carbocycles. The van der Waals surface area contributed by atoms with Crippen molar-refractivity contribution in [3.63, 3.8) is 0 Å². The van der Waals surface area contributed by atoms with Crippen LogP contribution in [0.25, 0.3) is 0 Å². The van der Waals surface area contributed by atoms with Crippen LogP contribution >= 0.6 is 11.6 Å². The first kappa shape index (κ1) is 11.0. The van der Waals surface area contributed by atoms with E-state index in [9.17, 15) is 0 Å². The minimum absolute atomic E-state index is 0.0937. The molecule has 0 fully saturated rings. The van der Waals surface area contributed by atoms with E-state index in [4.69, 9.17) is 22.1 Å². The summed E-state index contributed by atoms with van der Waals surface area (Å²) in [6.07, 6.45) is 1.50. The second-order valence-corrected chi connectivity index (χ2v) is 2.92. The van der Waals surface area contributed by atoms with Gasteiger partial charge < -0.3 is 0 Å². The summed E-state index contributed by atoms with van der Waals surface area (Å²) in [6, 6.07) is 12.6. The summed E-state index contributed by atoms with van der Waals surface area (Å²) >= 11 is 5.63. The molecule has 0 amide bonds. The van der Waals surface area contributed by atoms with E-state index in [2.05, 4.69) is 4.99 Å². The molecule has 0 aromatic heterocycles. The molecular formula is C11H6ClN3. The molecule has 3 nitrogen and oxygen atoms in total. The molecule has 0 spiro atoms. The van der Waals surface area contributed by atoms with Crippen molar-refractivity contribution < 1.29 is 0 Å². The van der Waals surface area contributed by atoms with Gasteiger partial charge in [0.2, 0.25) is 0 Å². The maximum Gasteiger partial charge on any atom is 0.166 e. The average Bonchev–Trinajstić information content (AvgIpc) is 2.29. The van der Waals surface area contributed by atoms with Crippen LogP contribution < -0.4 is 0 Å². The Balaban J connectivity index is 2.90. The summed E-state index contributed by atoms with van der Waals surface area (Å²) in [6.45, 7) is 0. The van der Waals surface area contributed by atoms with Crippen molar-refractivity contribution in [1.82, 2.24) is 0 Å². The van der Waals surface area contributed by atoms with Crippen LogP contribution in [0, 0.1) is 22.7 Å². The second kappa shape index (κ2) is 5.59. The first-order valence-corrected chi connectivity index (χ1v) is 4.45. The van der Waals surface area contributed by atoms with Crippen molar-refractivity contribution in [1.29, 1.82) is 10.5 Å². The number of rotatable bonds is 2. The number of benzene rings is 1. The van der Waals surface area contributed by atoms with Crippen LogP contribution in [0.2, 0.25) is 0 Å². The molecule has 0 bridgehead atoms. The molecule has 0 radical (unpaired) electrons. The number of halogens is 1. The van der Waals surface area contributed by atoms with Gasteiger partial charge in [-0.15, -0.1) is 0 Å². The van der Waals surface area contributed by atoms with E-state index in [1.54, 1.807) is 12.1 Å². The average molecular weight is 216 g/mol. The molecule has 0 N–H and O–H groups in total. The van der Waals surface area contributed by atoms with Crippen molar-refractivity contribution in [2.24, 2.45) is 4.99 Å². The quantitative estimate of drug-likeness (QED) is 0.433. The van der Waals surface area contributed by atoms with Crippen molar-refractivity contribution in [3.05, 3.63) is 46.6 Å². The summed E-state index contributed by atoms with van der Waals surface area (Å²) < 4.78 is 0. The fourth-order valence-electron chi connectivity index (χ4n) is 0.852. The normalized spacial score (nSPS) is 9.27. The minimum Gasteiger partial charge on any atom is -0.242 e. The number of nitriles is 2. The Labute approximate surface area is 92.6 Å². The van der Waals surface area contributed by atoms with E-state index < -0.39 is 0 Å². The van der Waals surface area contributed by atoms with Crippen molar-refractivity contribution in [2.45, 2.75) is 0 Å². The van der Waals surface area contributed by atoms with Gasteiger partial charge in [-0.25, -0.2) is 4.99 Å². The van der Waals surface area contributed by atoms with Gasteiger partial charge >= 0.3 is 0 Å². The van der Waals surface area contributed by atoms with Gasteiger partial charge in [0.25, 0.3) is 0 Å². The maximum atomic E-state index is 8.50. The van der Waals surface area contributed by atoms with Crippen LogP contribution in [0.4, 0.5) is 0 Å². The van der Waals surface area contributed by atoms with Gasteiger partial charge in [-0.1, -0.05) is 41.9 Å². The molecule has 0 atom stereocenters. The number of hydrogen-bond acceptors (Lipinski definition) is 3. The predicted octanol–water partition coefficient (Wildman–Crippen LogP) is 2.60. The summed E-state index contributed by atoms with van der Waals surface area (Å²) in [5.74, 6) is 0. The lowest BCUT2D eigenvalue weighted by atomic mass is 10.2. The third-order valence-electron chi connectivity index (χ3n) is 1.56. The summed E-state index contributed by atoms with van der Waals surface area (Å²) in [5.41, 5.74) is 0.662. The summed E-state index contributed by atoms with van der Waals surface area (Å²) in [5, 5.41) is 16.9. The van der Waals surface area contributed by atoms with Crippen LogP contribution in [-0.4, -0.2) is 6.21 Å². The van der Waals surface area contributed by atoms with Crippen molar-refractivity contribution >= 4 is 17.8 Å². The van der Waals surface area contributed by atoms with E-state index >= 15 is 0 Å². The molecule has 1 aromatic carbocycles. The zero-order valence-electron chi connectivity index (χ0n) is 7.68. The molecular weight excluding hydrogens is 210 g/mol. The maximum absolute atomic E-state index is 8.50. The van der Waals surface area contributed by atoms with Crippen LogP contribution in [0.1, 0.15) is 5.56 Å². The Kier molecular flexibility index (Phi) is 4.09. The number of aliphatic imine (C=N–C) groups is 1. The van der Waals surface area contributed by atoms with Gasteiger partial charge in [0.15, 0.2) is 10.7 Å². The molecule has 0 heterocycles. The highest BCUT2D eigenvalue weighted by Gasteiger charge is 1.99. The summed E-state index contributed by atoms with van der Waals surface area (Å²) in [7, 11) is 0. The molecule has 4 heteroatoms. The van der Waals surface area contributed by atoms with Gasteiger partial charge in [0.05, 0.1) is 0 Å². The SMILES string of the molecule is N#CC(C#N)=C(Cl)/N=C/c1ccccc1. The lowest BCUT2D eigenvalue weighted by molar-refractivity contribution is 1.41. The molecule has 1 aromatic rings. The third-order valence-corrected chi connectivity index (χ3v) is 1.84. The Morgan fingerprint density at radius 3 is 2.33 bits per heavy atom. The monoisotopic (exact) mass is 215 g/mol. The molecule has 0 aliphatic rings. The fourth-order valence-corrected chi connectivity index (χ4v) is 0.985. The van der Waals surface area contributed by atoms with Crippen molar-refractivity contribution in [2.75, 3.05) is 0 Å². The largest absolute Gasteiger partial charge is 0.242 e. The molecule has 0 saturated heterocycles. The Morgan fingerprint density at radius 1 is 1.20 bits per heavy atom. The first-order valence-electron chi connectivity index (χ1n) is 4.07. The highest BCUT2D eigenvalue weighted by atomic mass is 35.5. The van der Waals surface area contributed by atoms with Crippen LogP contribution in [0.15, 0.2) is 46.1 Å². The van der Waals surface area contributed by atoms with Gasteiger partial charge in [-0.05, 0) is 5.56 Å². The summed E-state index contributed by atoms with van der Waals surface area (Å²) in [4.78, 5) is 3.81. The topological polar surface area (TPSA) is 59.9 Å². The van der Waals surface area contributed by atoms with E-state index in [0.717, 1.165) is 5.56 Å². The number of nitrogens with zero attached hydrogens (tertiary/aromatic N) is 3. The standard InChI is InChI=1S/C11H6ClN3/c12-11(10(6-13)7-14)15-8-9-4-2-1-3-5-9/h1-5,8H/b15-8+. The second-order valence-electron chi connectivity index (χ2n) is 2.56. The zero-order valence-corrected chi connectivity index (χ0v) is 8.44. The predicted molar refractivity (Wildman–Crippen MR) is 58.1 cm³/mol. The van der Waals surface area contributed by atoms with Gasteiger partial charge in [0, 0.05) is 6.21 Å². The van der Waals surface area contributed by atoms with Crippen LogP contribution in [0.5, 0.6) is 0 Å². The van der Waals surface area contributed by atoms with Gasteiger partial charge in [0.1, 0.15) is 12.1 Å². The van der Waals surface area contributed by atoms with E-state index in [0.29, 0.717) is 0 Å². The first-order chi connectivity index (χ1) is 7.27. The molecule has 0 saturated carbocycles. The fraction of sp³-hybridized carbons (Fsp3) is 0. The van der Waals surface area contributed by atoms with Gasteiger partial charge in [-0.2, -0.15) is 10.5 Å². The van der Waals surface area contributed by atoms with E-state index in [1.807, 2.05) is 30.3 Å². The lowest BCUT2D eigenvalue weighted by Gasteiger charge is -1.90. The molecule has 0 unspecified atom stereocenters. The highest BCUT2D eigenvalue weighted by Crippen LogP contribution is 2.09. The van der Waals surface area contributed by atoms with Crippen molar-refractivity contribution in [3.8, 4) is 12.1 Å². The molecule has 1 rings (SSSR count). The Morgan fingerprint density at radius 2 is 1.80 bits per heavy atom. The lowest BCUT2D eigenvalue weighted by Crippen LogP contribution is -1.81. The van der Waals surface area contributed by atoms with E-state index in [-0.39, 0.29) is 10.7 Å². The van der Waals surface area contributed by atoms with Crippen LogP contribution in [0.3, 0.4) is 0 Å². The highest BCUT2D eigenvalue weighted by molar-refractivity contribution is 6.30. The molecule has 15 heavy (non-hydrogen) atoms. The molecule has 0 aliphatic heterocycles. The zero-order chi connectivity index (χ0) is 11.1. The Bertz CT molecular complexity index is 459. The smallest absolute Gasteiger partial charge is 0.166 e.